The Morgan fingerprint density at radius 1 is 0.812 bits per heavy atom. The highest BCUT2D eigenvalue weighted by molar-refractivity contribution is 7.45. The summed E-state index contributed by atoms with van der Waals surface area (Å²) in [6.07, 6.45) is 0. The molecule has 6 N–H and O–H groups in total. The molecule has 0 bridgehead atoms. The lowest BCUT2D eigenvalue weighted by Gasteiger charge is -2.17. The van der Waals surface area contributed by atoms with Gasteiger partial charge in [-0.05, 0) is 0 Å². The third-order valence-corrected chi connectivity index (χ3v) is 1.25. The normalized spacial score (nSPS) is 10.4. The van der Waals surface area contributed by atoms with Gasteiger partial charge in [-0.25, -0.2) is 4.57 Å². The quantitative estimate of drug-likeness (QED) is 0.300. The van der Waals surface area contributed by atoms with E-state index in [0.29, 0.717) is 19.6 Å². The SMILES string of the molecule is Cl.O=P(O)(O)O.OCCN(CCO)CCO. The van der Waals surface area contributed by atoms with Crippen molar-refractivity contribution < 1.29 is 34.6 Å². The van der Waals surface area contributed by atoms with Crippen molar-refractivity contribution >= 4 is 20.2 Å². The summed E-state index contributed by atoms with van der Waals surface area (Å²) in [5.74, 6) is 0. The van der Waals surface area contributed by atoms with Gasteiger partial charge in [0, 0.05) is 19.6 Å². The molecule has 0 rings (SSSR count). The predicted octanol–water partition coefficient (Wildman–Crippen LogP) is -2.24. The Morgan fingerprint density at radius 2 is 1.00 bits per heavy atom. The molecule has 10 heteroatoms. The van der Waals surface area contributed by atoms with Crippen LogP contribution in [-0.2, 0) is 4.57 Å². The van der Waals surface area contributed by atoms with Gasteiger partial charge < -0.3 is 30.0 Å². The molecular weight excluding hydrogens is 264 g/mol. The van der Waals surface area contributed by atoms with Crippen LogP contribution in [0.4, 0.5) is 0 Å². The average Bonchev–Trinajstić information content (AvgIpc) is 2.02. The molecule has 0 aliphatic rings. The first kappa shape index (κ1) is 21.5. The van der Waals surface area contributed by atoms with Crippen molar-refractivity contribution in [2.75, 3.05) is 39.5 Å². The maximum absolute atomic E-state index is 8.88. The minimum absolute atomic E-state index is 0. The summed E-state index contributed by atoms with van der Waals surface area (Å²) in [6.45, 7) is 1.75. The van der Waals surface area contributed by atoms with Crippen LogP contribution in [0.2, 0.25) is 0 Å². The van der Waals surface area contributed by atoms with Crippen LogP contribution in [-0.4, -0.2) is 74.4 Å². The maximum atomic E-state index is 8.88. The molecule has 0 aliphatic heterocycles. The van der Waals surface area contributed by atoms with Crippen LogP contribution in [0.3, 0.4) is 0 Å². The van der Waals surface area contributed by atoms with Gasteiger partial charge in [-0.3, -0.25) is 4.90 Å². The topological polar surface area (TPSA) is 142 Å². The summed E-state index contributed by atoms with van der Waals surface area (Å²) in [6, 6.07) is 0. The molecule has 0 aromatic heterocycles. The third kappa shape index (κ3) is 29.2. The standard InChI is InChI=1S/C6H15NO3.ClH.H3O4P/c8-4-1-7(2-5-9)3-6-10;;1-5(2,3)4/h8-10H,1-6H2;1H;(H3,1,2,3,4). The van der Waals surface area contributed by atoms with E-state index in [1.807, 2.05) is 0 Å². The molecular formula is C6H19ClNO7P. The van der Waals surface area contributed by atoms with Gasteiger partial charge in [0.05, 0.1) is 19.8 Å². The van der Waals surface area contributed by atoms with Crippen LogP contribution in [0.15, 0.2) is 0 Å². The summed E-state index contributed by atoms with van der Waals surface area (Å²) < 4.78 is 8.88. The molecule has 102 valence electrons. The Kier molecular flexibility index (Phi) is 17.9. The third-order valence-electron chi connectivity index (χ3n) is 1.25. The number of halogens is 1. The van der Waals surface area contributed by atoms with Gasteiger partial charge in [-0.2, -0.15) is 0 Å². The van der Waals surface area contributed by atoms with Crippen molar-refractivity contribution in [3.05, 3.63) is 0 Å². The zero-order valence-corrected chi connectivity index (χ0v) is 10.3. The fraction of sp³-hybridized carbons (Fsp3) is 1.00. The summed E-state index contributed by atoms with van der Waals surface area (Å²) in [5, 5.41) is 25.5. The van der Waals surface area contributed by atoms with Gasteiger partial charge in [0.25, 0.3) is 0 Å². The van der Waals surface area contributed by atoms with Crippen LogP contribution in [0.5, 0.6) is 0 Å². The highest BCUT2D eigenvalue weighted by Gasteiger charge is 2.00. The largest absolute Gasteiger partial charge is 0.466 e. The molecule has 0 spiro atoms. The first-order valence-electron chi connectivity index (χ1n) is 4.18. The number of hydrogen-bond donors (Lipinski definition) is 6. The van der Waals surface area contributed by atoms with Crippen LogP contribution in [0.25, 0.3) is 0 Å². The van der Waals surface area contributed by atoms with Crippen LogP contribution in [0, 0.1) is 0 Å². The predicted molar refractivity (Wildman–Crippen MR) is 59.2 cm³/mol. The molecule has 0 radical (unpaired) electrons. The van der Waals surface area contributed by atoms with Crippen molar-refractivity contribution in [1.29, 1.82) is 0 Å². The van der Waals surface area contributed by atoms with Crippen molar-refractivity contribution in [2.24, 2.45) is 0 Å². The fourth-order valence-electron chi connectivity index (χ4n) is 0.760. The zero-order valence-electron chi connectivity index (χ0n) is 8.64. The van der Waals surface area contributed by atoms with Gasteiger partial charge in [0.1, 0.15) is 0 Å². The van der Waals surface area contributed by atoms with Crippen molar-refractivity contribution in [3.63, 3.8) is 0 Å². The minimum atomic E-state index is -4.64. The number of nitrogens with zero attached hydrogens (tertiary/aromatic N) is 1. The molecule has 0 unspecified atom stereocenters. The van der Waals surface area contributed by atoms with E-state index < -0.39 is 7.82 Å². The molecule has 16 heavy (non-hydrogen) atoms. The second-order valence-corrected chi connectivity index (χ2v) is 3.55. The van der Waals surface area contributed by atoms with Gasteiger partial charge in [0.15, 0.2) is 0 Å². The van der Waals surface area contributed by atoms with Gasteiger partial charge in [-0.1, -0.05) is 0 Å². The fourth-order valence-corrected chi connectivity index (χ4v) is 0.760. The molecule has 0 aliphatic carbocycles. The molecule has 0 atom stereocenters. The van der Waals surface area contributed by atoms with Crippen LogP contribution in [0.1, 0.15) is 0 Å². The Morgan fingerprint density at radius 3 is 1.12 bits per heavy atom. The first-order valence-corrected chi connectivity index (χ1v) is 5.75. The van der Waals surface area contributed by atoms with Gasteiger partial charge in [0.2, 0.25) is 0 Å². The minimum Gasteiger partial charge on any atom is -0.395 e. The van der Waals surface area contributed by atoms with E-state index in [9.17, 15) is 0 Å². The van der Waals surface area contributed by atoms with E-state index >= 15 is 0 Å². The monoisotopic (exact) mass is 283 g/mol. The molecule has 0 heterocycles. The average molecular weight is 284 g/mol. The molecule has 8 nitrogen and oxygen atoms in total. The highest BCUT2D eigenvalue weighted by atomic mass is 35.5. The van der Waals surface area contributed by atoms with E-state index in [2.05, 4.69) is 0 Å². The lowest BCUT2D eigenvalue weighted by atomic mass is 10.4. The van der Waals surface area contributed by atoms with Crippen molar-refractivity contribution in [3.8, 4) is 0 Å². The highest BCUT2D eigenvalue weighted by Crippen LogP contribution is 2.25. The molecule has 0 aromatic carbocycles. The van der Waals surface area contributed by atoms with E-state index in [1.165, 1.54) is 0 Å². The Balaban J connectivity index is -0.000000242. The van der Waals surface area contributed by atoms with Crippen LogP contribution < -0.4 is 0 Å². The van der Waals surface area contributed by atoms with E-state index in [-0.39, 0.29) is 32.2 Å². The van der Waals surface area contributed by atoms with Crippen LogP contribution >= 0.6 is 20.2 Å². The van der Waals surface area contributed by atoms with E-state index in [4.69, 9.17) is 34.6 Å². The Hall–Kier alpha value is 0.240. The van der Waals surface area contributed by atoms with Crippen molar-refractivity contribution in [2.45, 2.75) is 0 Å². The molecule has 0 fully saturated rings. The van der Waals surface area contributed by atoms with Gasteiger partial charge >= 0.3 is 7.82 Å². The molecule has 0 amide bonds. The lowest BCUT2D eigenvalue weighted by molar-refractivity contribution is 0.136. The number of aliphatic hydroxyl groups is 3. The number of hydrogen-bond acceptors (Lipinski definition) is 5. The lowest BCUT2D eigenvalue weighted by Crippen LogP contribution is -2.32. The number of rotatable bonds is 6. The Labute approximate surface area is 99.8 Å². The molecule has 0 aromatic rings. The Bertz CT molecular complexity index is 156. The summed E-state index contributed by atoms with van der Waals surface area (Å²) in [7, 11) is -4.64. The summed E-state index contributed by atoms with van der Waals surface area (Å²) in [4.78, 5) is 23.4. The van der Waals surface area contributed by atoms with Gasteiger partial charge in [-0.15, -0.1) is 12.4 Å². The number of aliphatic hydroxyl groups excluding tert-OH is 3. The second-order valence-electron chi connectivity index (χ2n) is 2.53. The zero-order chi connectivity index (χ0) is 12.3. The summed E-state index contributed by atoms with van der Waals surface area (Å²) >= 11 is 0. The maximum Gasteiger partial charge on any atom is 0.466 e. The second kappa shape index (κ2) is 13.3. The smallest absolute Gasteiger partial charge is 0.395 e. The van der Waals surface area contributed by atoms with E-state index in [0.717, 1.165) is 0 Å². The number of phosphoric acid groups is 1. The summed E-state index contributed by atoms with van der Waals surface area (Å²) in [5.41, 5.74) is 0. The van der Waals surface area contributed by atoms with E-state index in [1.54, 1.807) is 4.90 Å². The molecule has 0 saturated heterocycles. The first-order chi connectivity index (χ1) is 6.85. The molecule has 0 saturated carbocycles. The van der Waals surface area contributed by atoms with Crippen molar-refractivity contribution in [1.82, 2.24) is 4.90 Å².